The van der Waals surface area contributed by atoms with Crippen molar-refractivity contribution < 1.29 is 4.74 Å². The zero-order valence-electron chi connectivity index (χ0n) is 4.10. The number of rotatable bonds is 2. The van der Waals surface area contributed by atoms with Gasteiger partial charge in [0.1, 0.15) is 0 Å². The van der Waals surface area contributed by atoms with Crippen LogP contribution >= 0.6 is 12.4 Å². The third-order valence-electron chi connectivity index (χ3n) is 0.333. The summed E-state index contributed by atoms with van der Waals surface area (Å²) in [6.07, 6.45) is 0. The second kappa shape index (κ2) is 9.24. The Morgan fingerprint density at radius 2 is 2.17 bits per heavy atom. The Kier molecular flexibility index (Phi) is 15.3. The maximum Gasteiger partial charge on any atom is 0.239 e. The van der Waals surface area contributed by atoms with Gasteiger partial charge in [0.25, 0.3) is 0 Å². The van der Waals surface area contributed by atoms with Gasteiger partial charge in [-0.2, -0.15) is 0 Å². The molecule has 0 spiro atoms. The average Bonchev–Trinajstić information content (AvgIpc) is 1.41. The Balaban J connectivity index is 0. The van der Waals surface area contributed by atoms with Crippen LogP contribution in [0.1, 0.15) is 0 Å². The second-order valence-electron chi connectivity index (χ2n) is 0.864. The lowest BCUT2D eigenvalue weighted by atomic mass is 11.5. The number of halogens is 1. The Hall–Kier alpha value is 0.782. The fourth-order valence-electron chi connectivity index (χ4n) is 0.167. The number of hydrogen-bond donors (Lipinski definition) is 0. The summed E-state index contributed by atoms with van der Waals surface area (Å²) in [5, 5.41) is 0. The molecule has 0 aromatic carbocycles. The van der Waals surface area contributed by atoms with Gasteiger partial charge in [-0.25, -0.2) is 0 Å². The number of hydrogen-bond acceptors (Lipinski definition) is 1. The summed E-state index contributed by atoms with van der Waals surface area (Å²) in [5.74, 6) is 2.17. The van der Waals surface area contributed by atoms with E-state index >= 15 is 0 Å². The summed E-state index contributed by atoms with van der Waals surface area (Å²) < 4.78 is 4.73. The number of ether oxygens (including phenoxy) is 1. The van der Waals surface area contributed by atoms with Crippen LogP contribution in [-0.4, -0.2) is 27.8 Å². The molecule has 0 bridgehead atoms. The van der Waals surface area contributed by atoms with Crippen LogP contribution in [0.25, 0.3) is 0 Å². The van der Waals surface area contributed by atoms with Gasteiger partial charge in [0.15, 0.2) is 0 Å². The molecule has 0 aliphatic rings. The van der Waals surface area contributed by atoms with Gasteiger partial charge in [0, 0.05) is 7.11 Å². The summed E-state index contributed by atoms with van der Waals surface area (Å²) >= 11 is 0.564. The van der Waals surface area contributed by atoms with E-state index in [9.17, 15) is 0 Å². The lowest BCUT2D eigenvalue weighted by Crippen LogP contribution is -1.92. The van der Waals surface area contributed by atoms with E-state index in [0.717, 1.165) is 5.47 Å². The third kappa shape index (κ3) is 8.84. The average molecular weight is 124 g/mol. The monoisotopic (exact) mass is 123 g/mol. The van der Waals surface area contributed by atoms with Gasteiger partial charge in [-0.3, -0.25) is 0 Å². The Morgan fingerprint density at radius 3 is 2.17 bits per heavy atom. The third-order valence-corrected chi connectivity index (χ3v) is 1.00. The lowest BCUT2D eigenvalue weighted by molar-refractivity contribution is 0.252. The van der Waals surface area contributed by atoms with Gasteiger partial charge >= 0.3 is 0 Å². The van der Waals surface area contributed by atoms with Crippen molar-refractivity contribution in [3.8, 4) is 0 Å². The highest BCUT2D eigenvalue weighted by Crippen LogP contribution is 1.57. The van der Waals surface area contributed by atoms with Crippen molar-refractivity contribution in [1.82, 2.24) is 0 Å². The molecular formula is C3H9AlClO. The molecule has 1 nitrogen and oxygen atoms in total. The van der Waals surface area contributed by atoms with E-state index in [2.05, 4.69) is 5.79 Å². The SMILES string of the molecule is CO[CH2][Al][CH3].Cl. The van der Waals surface area contributed by atoms with Gasteiger partial charge in [0.05, 0.1) is 0 Å². The van der Waals surface area contributed by atoms with Gasteiger partial charge < -0.3 is 4.74 Å². The van der Waals surface area contributed by atoms with E-state index in [-0.39, 0.29) is 12.4 Å². The molecule has 37 valence electrons. The smallest absolute Gasteiger partial charge is 0.239 e. The Bertz CT molecular complexity index is 18.3. The minimum Gasteiger partial charge on any atom is -0.401 e. The zero-order valence-corrected chi connectivity index (χ0v) is 6.07. The molecule has 0 N–H and O–H groups in total. The fourth-order valence-corrected chi connectivity index (χ4v) is 0.500. The molecule has 0 unspecified atom stereocenters. The van der Waals surface area contributed by atoms with Crippen molar-refractivity contribution in [3.05, 3.63) is 0 Å². The molecule has 0 saturated heterocycles. The van der Waals surface area contributed by atoms with Crippen molar-refractivity contribution >= 4 is 27.6 Å². The standard InChI is InChI=1S/C2H5O.CH3.Al.ClH/c1-3-2;;;/h1H2,2H3;1H3;;1H. The van der Waals surface area contributed by atoms with Crippen LogP contribution in [0.3, 0.4) is 0 Å². The molecule has 0 atom stereocenters. The lowest BCUT2D eigenvalue weighted by Gasteiger charge is -1.82. The molecule has 0 aromatic heterocycles. The van der Waals surface area contributed by atoms with Crippen LogP contribution in [0, 0.1) is 0 Å². The quantitative estimate of drug-likeness (QED) is 0.493. The summed E-state index contributed by atoms with van der Waals surface area (Å²) in [6.45, 7) is 0. The van der Waals surface area contributed by atoms with Crippen LogP contribution in [0.2, 0.25) is 5.79 Å². The van der Waals surface area contributed by atoms with Gasteiger partial charge in [-0.15, -0.1) is 18.2 Å². The predicted molar refractivity (Wildman–Crippen MR) is 30.7 cm³/mol. The molecule has 0 aliphatic heterocycles. The first-order valence-electron chi connectivity index (χ1n) is 1.68. The summed E-state index contributed by atoms with van der Waals surface area (Å²) in [4.78, 5) is 0. The fraction of sp³-hybridized carbons (Fsp3) is 1.00. The maximum atomic E-state index is 4.73. The van der Waals surface area contributed by atoms with Gasteiger partial charge in [0.2, 0.25) is 15.2 Å². The van der Waals surface area contributed by atoms with E-state index in [1.165, 1.54) is 0 Å². The highest BCUT2D eigenvalue weighted by Gasteiger charge is 1.72. The topological polar surface area (TPSA) is 9.23 Å². The molecule has 0 heterocycles. The number of methoxy groups -OCH3 is 1. The molecule has 1 radical (unpaired) electrons. The van der Waals surface area contributed by atoms with Crippen molar-refractivity contribution in [2.24, 2.45) is 0 Å². The molecule has 6 heavy (non-hydrogen) atoms. The van der Waals surface area contributed by atoms with Crippen molar-refractivity contribution in [2.75, 3.05) is 12.6 Å². The van der Waals surface area contributed by atoms with Crippen LogP contribution in [0.4, 0.5) is 0 Å². The normalized spacial score (nSPS) is 6.33. The first kappa shape index (κ1) is 9.92. The Labute approximate surface area is 51.2 Å². The van der Waals surface area contributed by atoms with Crippen molar-refractivity contribution in [2.45, 2.75) is 5.79 Å². The largest absolute Gasteiger partial charge is 0.401 e. The van der Waals surface area contributed by atoms with E-state index in [1.807, 2.05) is 0 Å². The maximum absolute atomic E-state index is 4.73. The molecule has 0 fully saturated rings. The highest BCUT2D eigenvalue weighted by atomic mass is 35.5. The second-order valence-corrected chi connectivity index (χ2v) is 2.01. The predicted octanol–water partition coefficient (Wildman–Crippen LogP) is 0.764. The molecule has 3 heteroatoms. The molecule has 0 saturated carbocycles. The molecule has 0 aliphatic carbocycles. The Morgan fingerprint density at radius 1 is 1.67 bits per heavy atom. The highest BCUT2D eigenvalue weighted by molar-refractivity contribution is 6.33. The van der Waals surface area contributed by atoms with Crippen LogP contribution < -0.4 is 0 Å². The minimum absolute atomic E-state index is 0. The molecular weight excluding hydrogens is 114 g/mol. The van der Waals surface area contributed by atoms with Gasteiger partial charge in [-0.1, -0.05) is 0 Å². The van der Waals surface area contributed by atoms with Crippen molar-refractivity contribution in [3.63, 3.8) is 0 Å². The summed E-state index contributed by atoms with van der Waals surface area (Å²) in [6, 6.07) is 0. The summed E-state index contributed by atoms with van der Waals surface area (Å²) in [5.41, 5.74) is 0.972. The summed E-state index contributed by atoms with van der Waals surface area (Å²) in [7, 11) is 1.73. The van der Waals surface area contributed by atoms with E-state index in [1.54, 1.807) is 7.11 Å². The molecule has 0 amide bonds. The minimum atomic E-state index is 0. The van der Waals surface area contributed by atoms with Crippen LogP contribution in [-0.2, 0) is 4.74 Å². The first-order chi connectivity index (χ1) is 2.41. The van der Waals surface area contributed by atoms with Crippen LogP contribution in [0.5, 0.6) is 0 Å². The van der Waals surface area contributed by atoms with Crippen LogP contribution in [0.15, 0.2) is 0 Å². The van der Waals surface area contributed by atoms with Gasteiger partial charge in [-0.05, 0) is 5.47 Å². The van der Waals surface area contributed by atoms with Crippen molar-refractivity contribution in [1.29, 1.82) is 0 Å². The van der Waals surface area contributed by atoms with E-state index in [0.29, 0.717) is 15.2 Å². The van der Waals surface area contributed by atoms with E-state index < -0.39 is 0 Å². The molecule has 0 aromatic rings. The van der Waals surface area contributed by atoms with E-state index in [4.69, 9.17) is 4.74 Å². The zero-order chi connectivity index (χ0) is 4.12. The molecule has 0 rings (SSSR count). The first-order valence-corrected chi connectivity index (χ1v) is 3.65.